The number of carbonyl (C=O) groups is 1. The first-order valence-electron chi connectivity index (χ1n) is 7.93. The van der Waals surface area contributed by atoms with Crippen molar-refractivity contribution in [1.82, 2.24) is 10.5 Å². The SMILES string of the molecule is O=C(CCc1conc1-c1ccc(F)cc1)NCc1ccc(F)cc1Cl. The summed E-state index contributed by atoms with van der Waals surface area (Å²) >= 11 is 5.93. The monoisotopic (exact) mass is 376 g/mol. The lowest BCUT2D eigenvalue weighted by Crippen LogP contribution is -2.23. The Morgan fingerprint density at radius 1 is 1.08 bits per heavy atom. The van der Waals surface area contributed by atoms with Crippen molar-refractivity contribution in [3.63, 3.8) is 0 Å². The highest BCUT2D eigenvalue weighted by Gasteiger charge is 2.12. The number of amides is 1. The highest BCUT2D eigenvalue weighted by atomic mass is 35.5. The Labute approximate surface area is 153 Å². The molecule has 3 rings (SSSR count). The van der Waals surface area contributed by atoms with Crippen molar-refractivity contribution in [3.05, 3.63) is 76.5 Å². The van der Waals surface area contributed by atoms with E-state index in [0.29, 0.717) is 23.2 Å². The number of aromatic nitrogens is 1. The summed E-state index contributed by atoms with van der Waals surface area (Å²) in [5.41, 5.74) is 2.69. The molecule has 0 saturated carbocycles. The third kappa shape index (κ3) is 4.46. The third-order valence-electron chi connectivity index (χ3n) is 3.87. The van der Waals surface area contributed by atoms with Crippen molar-refractivity contribution >= 4 is 17.5 Å². The molecule has 0 bridgehead atoms. The topological polar surface area (TPSA) is 55.1 Å². The molecule has 26 heavy (non-hydrogen) atoms. The average Bonchev–Trinajstić information content (AvgIpc) is 3.08. The number of nitrogens with zero attached hydrogens (tertiary/aromatic N) is 1. The van der Waals surface area contributed by atoms with Gasteiger partial charge in [-0.25, -0.2) is 8.78 Å². The van der Waals surface area contributed by atoms with Crippen molar-refractivity contribution in [2.75, 3.05) is 0 Å². The van der Waals surface area contributed by atoms with Gasteiger partial charge in [0.25, 0.3) is 0 Å². The van der Waals surface area contributed by atoms with E-state index < -0.39 is 5.82 Å². The van der Waals surface area contributed by atoms with Crippen LogP contribution in [0.3, 0.4) is 0 Å². The Hall–Kier alpha value is -2.73. The quantitative estimate of drug-likeness (QED) is 0.688. The molecule has 4 nitrogen and oxygen atoms in total. The number of carbonyl (C=O) groups excluding carboxylic acids is 1. The average molecular weight is 377 g/mol. The van der Waals surface area contributed by atoms with E-state index >= 15 is 0 Å². The second-order valence-electron chi connectivity index (χ2n) is 5.71. The summed E-state index contributed by atoms with van der Waals surface area (Å²) in [5.74, 6) is -0.944. The van der Waals surface area contributed by atoms with Crippen LogP contribution in [0.1, 0.15) is 17.5 Å². The van der Waals surface area contributed by atoms with Crippen LogP contribution in [0, 0.1) is 11.6 Å². The fourth-order valence-electron chi connectivity index (χ4n) is 2.48. The van der Waals surface area contributed by atoms with Crippen LogP contribution >= 0.6 is 11.6 Å². The molecule has 0 aliphatic heterocycles. The molecule has 0 saturated heterocycles. The van der Waals surface area contributed by atoms with E-state index in [1.807, 2.05) is 0 Å². The zero-order valence-corrected chi connectivity index (χ0v) is 14.4. The number of nitrogens with one attached hydrogen (secondary N) is 1. The normalized spacial score (nSPS) is 10.7. The Morgan fingerprint density at radius 2 is 1.81 bits per heavy atom. The summed E-state index contributed by atoms with van der Waals surface area (Å²) in [6.45, 7) is 0.215. The molecule has 0 spiro atoms. The van der Waals surface area contributed by atoms with Crippen LogP contribution in [-0.4, -0.2) is 11.1 Å². The first kappa shape index (κ1) is 18.1. The second-order valence-corrected chi connectivity index (χ2v) is 6.11. The third-order valence-corrected chi connectivity index (χ3v) is 4.23. The highest BCUT2D eigenvalue weighted by molar-refractivity contribution is 6.31. The summed E-state index contributed by atoms with van der Waals surface area (Å²) in [4.78, 5) is 12.1. The molecule has 1 heterocycles. The van der Waals surface area contributed by atoms with Gasteiger partial charge >= 0.3 is 0 Å². The van der Waals surface area contributed by atoms with Gasteiger partial charge in [-0.05, 0) is 48.4 Å². The van der Waals surface area contributed by atoms with Crippen LogP contribution < -0.4 is 5.32 Å². The lowest BCUT2D eigenvalue weighted by Gasteiger charge is -2.07. The van der Waals surface area contributed by atoms with Gasteiger partial charge in [0.05, 0.1) is 0 Å². The number of halogens is 3. The second kappa shape index (κ2) is 8.10. The standard InChI is InChI=1S/C19H15ClF2N2O2/c20-17-9-16(22)7-3-13(17)10-23-18(25)8-4-14-11-26-24-19(14)12-1-5-15(21)6-2-12/h1-3,5-7,9,11H,4,8,10H2,(H,23,25). The van der Waals surface area contributed by atoms with E-state index in [1.165, 1.54) is 36.6 Å². The number of hydrogen-bond donors (Lipinski definition) is 1. The summed E-state index contributed by atoms with van der Waals surface area (Å²) < 4.78 is 31.0. The van der Waals surface area contributed by atoms with E-state index in [0.717, 1.165) is 5.56 Å². The minimum atomic E-state index is -0.425. The van der Waals surface area contributed by atoms with Crippen LogP contribution in [0.15, 0.2) is 53.3 Å². The highest BCUT2D eigenvalue weighted by Crippen LogP contribution is 2.23. The molecule has 0 atom stereocenters. The van der Waals surface area contributed by atoms with Crippen molar-refractivity contribution in [2.45, 2.75) is 19.4 Å². The van der Waals surface area contributed by atoms with Gasteiger partial charge in [-0.2, -0.15) is 0 Å². The maximum atomic E-state index is 13.0. The Morgan fingerprint density at radius 3 is 2.54 bits per heavy atom. The predicted octanol–water partition coefficient (Wildman–Crippen LogP) is 4.52. The van der Waals surface area contributed by atoms with E-state index in [4.69, 9.17) is 16.1 Å². The number of aryl methyl sites for hydroxylation is 1. The molecule has 0 fully saturated rings. The van der Waals surface area contributed by atoms with Crippen LogP contribution in [-0.2, 0) is 17.8 Å². The van der Waals surface area contributed by atoms with Crippen LogP contribution in [0.4, 0.5) is 8.78 Å². The van der Waals surface area contributed by atoms with Crippen LogP contribution in [0.5, 0.6) is 0 Å². The first-order chi connectivity index (χ1) is 12.5. The van der Waals surface area contributed by atoms with Crippen molar-refractivity contribution in [3.8, 4) is 11.3 Å². The molecule has 1 amide bonds. The summed E-state index contributed by atoms with van der Waals surface area (Å²) in [7, 11) is 0. The van der Waals surface area contributed by atoms with Gasteiger partial charge in [0.1, 0.15) is 23.6 Å². The van der Waals surface area contributed by atoms with Gasteiger partial charge in [0.15, 0.2) is 0 Å². The van der Waals surface area contributed by atoms with E-state index in [9.17, 15) is 13.6 Å². The smallest absolute Gasteiger partial charge is 0.220 e. The summed E-state index contributed by atoms with van der Waals surface area (Å²) in [5, 5.41) is 6.93. The van der Waals surface area contributed by atoms with E-state index in [2.05, 4.69) is 10.5 Å². The molecule has 0 unspecified atom stereocenters. The fraction of sp³-hybridized carbons (Fsp3) is 0.158. The molecule has 3 aromatic rings. The van der Waals surface area contributed by atoms with Crippen molar-refractivity contribution in [2.24, 2.45) is 0 Å². The van der Waals surface area contributed by atoms with Crippen LogP contribution in [0.2, 0.25) is 5.02 Å². The van der Waals surface area contributed by atoms with Gasteiger partial charge < -0.3 is 9.84 Å². The maximum absolute atomic E-state index is 13.0. The van der Waals surface area contributed by atoms with Gasteiger partial charge in [-0.15, -0.1) is 0 Å². The summed E-state index contributed by atoms with van der Waals surface area (Å²) in [6, 6.07) is 9.92. The molecule has 134 valence electrons. The Bertz CT molecular complexity index is 910. The minimum Gasteiger partial charge on any atom is -0.364 e. The number of benzene rings is 2. The largest absolute Gasteiger partial charge is 0.364 e. The molecule has 2 aromatic carbocycles. The number of rotatable bonds is 6. The Balaban J connectivity index is 1.57. The predicted molar refractivity (Wildman–Crippen MR) is 93.5 cm³/mol. The maximum Gasteiger partial charge on any atom is 0.220 e. The van der Waals surface area contributed by atoms with E-state index in [-0.39, 0.29) is 29.7 Å². The molecular formula is C19H15ClF2N2O2. The van der Waals surface area contributed by atoms with Gasteiger partial charge in [0, 0.05) is 29.1 Å². The molecule has 0 aliphatic carbocycles. The molecule has 0 aliphatic rings. The van der Waals surface area contributed by atoms with Gasteiger partial charge in [0.2, 0.25) is 5.91 Å². The summed E-state index contributed by atoms with van der Waals surface area (Å²) in [6.07, 6.45) is 2.11. The van der Waals surface area contributed by atoms with Crippen LogP contribution in [0.25, 0.3) is 11.3 Å². The Kier molecular flexibility index (Phi) is 5.63. The van der Waals surface area contributed by atoms with E-state index in [1.54, 1.807) is 12.1 Å². The first-order valence-corrected chi connectivity index (χ1v) is 8.30. The molecule has 0 radical (unpaired) electrons. The molecular weight excluding hydrogens is 362 g/mol. The number of hydrogen-bond acceptors (Lipinski definition) is 3. The van der Waals surface area contributed by atoms with Gasteiger partial charge in [-0.1, -0.05) is 22.8 Å². The van der Waals surface area contributed by atoms with Crippen molar-refractivity contribution < 1.29 is 18.1 Å². The molecule has 1 N–H and O–H groups in total. The zero-order valence-electron chi connectivity index (χ0n) is 13.6. The molecule has 7 heteroatoms. The molecule has 1 aromatic heterocycles. The van der Waals surface area contributed by atoms with Gasteiger partial charge in [-0.3, -0.25) is 4.79 Å². The van der Waals surface area contributed by atoms with Crippen molar-refractivity contribution in [1.29, 1.82) is 0 Å². The lowest BCUT2D eigenvalue weighted by atomic mass is 10.0. The zero-order chi connectivity index (χ0) is 18.5. The fourth-order valence-corrected chi connectivity index (χ4v) is 2.71. The minimum absolute atomic E-state index is 0.184. The lowest BCUT2D eigenvalue weighted by molar-refractivity contribution is -0.121.